The Morgan fingerprint density at radius 2 is 0.904 bits per heavy atom. The molecule has 0 aliphatic heterocycles. The number of nitrogens with one attached hydrogen (secondary N) is 4. The summed E-state index contributed by atoms with van der Waals surface area (Å²) in [5.74, 6) is -0.756. The predicted molar refractivity (Wildman–Crippen MR) is 193 cm³/mol. The number of ether oxygens (including phenoxy) is 6. The van der Waals surface area contributed by atoms with Gasteiger partial charge in [0.25, 0.3) is 0 Å². The number of aldehydes is 1. The number of carbonyl (C=O) groups is 6. The number of carbonyl (C=O) groups excluding carboxylic acids is 6. The van der Waals surface area contributed by atoms with Crippen molar-refractivity contribution in [1.29, 1.82) is 0 Å². The Morgan fingerprint density at radius 1 is 0.500 bits per heavy atom. The normalized spacial score (nSPS) is 11.0. The van der Waals surface area contributed by atoms with Crippen molar-refractivity contribution in [1.82, 2.24) is 26.1 Å². The number of Topliss-reactive ketones (excluding diaryl/α,β-unsaturated/α-hetero) is 1. The maximum absolute atomic E-state index is 12.3. The lowest BCUT2D eigenvalue weighted by molar-refractivity contribution is -0.126. The van der Waals surface area contributed by atoms with Crippen LogP contribution in [0, 0.1) is 0 Å². The van der Waals surface area contributed by atoms with Crippen LogP contribution in [0.15, 0.2) is 0 Å². The Hall–Kier alpha value is -3.00. The molecule has 0 atom stereocenters. The maximum atomic E-state index is 12.3. The highest BCUT2D eigenvalue weighted by Gasteiger charge is 2.14. The summed E-state index contributed by atoms with van der Waals surface area (Å²) < 4.78 is 32.4. The van der Waals surface area contributed by atoms with E-state index in [0.29, 0.717) is 150 Å². The molecule has 0 spiro atoms. The van der Waals surface area contributed by atoms with E-state index in [0.717, 1.165) is 12.8 Å². The highest BCUT2D eigenvalue weighted by Crippen LogP contribution is 2.00. The molecule has 0 unspecified atom stereocenters. The number of amides is 4. The van der Waals surface area contributed by atoms with Crippen molar-refractivity contribution < 1.29 is 57.2 Å². The van der Waals surface area contributed by atoms with E-state index in [1.807, 2.05) is 0 Å². The number of ketones is 1. The van der Waals surface area contributed by atoms with Gasteiger partial charge < -0.3 is 54.4 Å². The number of rotatable bonds is 39. The largest absolute Gasteiger partial charge is 0.409 e. The summed E-state index contributed by atoms with van der Waals surface area (Å²) in [6.07, 6.45) is 6.02. The molecule has 0 aromatic rings. The van der Waals surface area contributed by atoms with Crippen LogP contribution in [0.5, 0.6) is 0 Å². The fourth-order valence-electron chi connectivity index (χ4n) is 4.28. The maximum Gasteiger partial charge on any atom is 0.234 e. The molecule has 0 saturated heterocycles. The third kappa shape index (κ3) is 36.8. The van der Waals surface area contributed by atoms with Crippen LogP contribution in [0.1, 0.15) is 64.7 Å². The molecular weight excluding hydrogens is 681 g/mol. The van der Waals surface area contributed by atoms with Gasteiger partial charge in [-0.2, -0.15) is 0 Å². The molecule has 0 aliphatic rings. The van der Waals surface area contributed by atoms with E-state index in [1.54, 1.807) is 0 Å². The number of hydrogen-bond acceptors (Lipinski definition) is 13. The van der Waals surface area contributed by atoms with Crippen molar-refractivity contribution >= 4 is 43.7 Å². The van der Waals surface area contributed by atoms with Crippen LogP contribution in [0.4, 0.5) is 0 Å². The van der Waals surface area contributed by atoms with E-state index in [2.05, 4.69) is 21.2 Å². The summed E-state index contributed by atoms with van der Waals surface area (Å²) in [4.78, 5) is 70.8. The molecule has 0 aliphatic carbocycles. The van der Waals surface area contributed by atoms with Crippen molar-refractivity contribution in [3.63, 3.8) is 0 Å². The summed E-state index contributed by atoms with van der Waals surface area (Å²) in [5, 5.41) is 10.4. The van der Waals surface area contributed by atoms with E-state index in [-0.39, 0.29) is 49.0 Å². The van der Waals surface area contributed by atoms with Gasteiger partial charge >= 0.3 is 0 Å². The van der Waals surface area contributed by atoms with Gasteiger partial charge in [0.05, 0.1) is 98.9 Å². The van der Waals surface area contributed by atoms with Gasteiger partial charge in [-0.05, 0) is 32.6 Å². The van der Waals surface area contributed by atoms with Crippen molar-refractivity contribution in [3.05, 3.63) is 0 Å². The molecule has 17 nitrogen and oxygen atoms in total. The molecule has 18 heteroatoms. The number of nitrogens with zero attached hydrogens (tertiary/aromatic N) is 1. The second kappa shape index (κ2) is 37.8. The average molecular weight is 744 g/mol. The molecule has 4 amide bonds. The van der Waals surface area contributed by atoms with Crippen LogP contribution in [0.3, 0.4) is 0 Å². The lowest BCUT2D eigenvalue weighted by atomic mass is 10.2. The van der Waals surface area contributed by atoms with Gasteiger partial charge in [0.15, 0.2) is 0 Å². The fraction of sp³-hybridized carbons (Fsp3) is 0.824. The topological polar surface area (TPSA) is 209 Å². The third-order valence-electron chi connectivity index (χ3n) is 7.06. The molecule has 4 N–H and O–H groups in total. The molecule has 298 valence electrons. The lowest BCUT2D eigenvalue weighted by Gasteiger charge is -2.18. The first-order valence-corrected chi connectivity index (χ1v) is 18.2. The quantitative estimate of drug-likeness (QED) is 0.0347. The van der Waals surface area contributed by atoms with Crippen molar-refractivity contribution in [3.8, 4) is 0 Å². The van der Waals surface area contributed by atoms with Crippen molar-refractivity contribution in [2.45, 2.75) is 64.7 Å². The van der Waals surface area contributed by atoms with Crippen LogP contribution in [0.2, 0.25) is 0 Å². The zero-order chi connectivity index (χ0) is 38.3. The molecule has 0 bridgehead atoms. The Bertz CT molecular complexity index is 951. The molecule has 0 aromatic heterocycles. The zero-order valence-electron chi connectivity index (χ0n) is 31.1. The minimum Gasteiger partial charge on any atom is -0.409 e. The zero-order valence-corrected chi connectivity index (χ0v) is 31.1. The minimum absolute atomic E-state index is 0.0431. The molecule has 0 heterocycles. The Morgan fingerprint density at radius 3 is 1.33 bits per heavy atom. The van der Waals surface area contributed by atoms with Crippen LogP contribution in [-0.4, -0.2) is 167 Å². The van der Waals surface area contributed by atoms with Gasteiger partial charge in [0, 0.05) is 38.9 Å². The first-order valence-electron chi connectivity index (χ1n) is 18.2. The van der Waals surface area contributed by atoms with Crippen LogP contribution in [0.25, 0.3) is 0 Å². The summed E-state index contributed by atoms with van der Waals surface area (Å²) in [5.41, 5.74) is 0. The average Bonchev–Trinajstić information content (AvgIpc) is 3.11. The fourth-order valence-corrected chi connectivity index (χ4v) is 4.28. The molecule has 0 saturated carbocycles. The Balaban J connectivity index is 3.55. The van der Waals surface area contributed by atoms with Gasteiger partial charge in [-0.25, -0.2) is 0 Å². The van der Waals surface area contributed by atoms with E-state index in [9.17, 15) is 28.8 Å². The summed E-state index contributed by atoms with van der Waals surface area (Å²) >= 11 is 0. The smallest absolute Gasteiger partial charge is 0.234 e. The van der Waals surface area contributed by atoms with Gasteiger partial charge in [-0.3, -0.25) is 28.9 Å². The highest BCUT2D eigenvalue weighted by molar-refractivity contribution is 6.14. The van der Waals surface area contributed by atoms with Crippen LogP contribution < -0.4 is 21.2 Å². The lowest BCUT2D eigenvalue weighted by Crippen LogP contribution is -2.44. The van der Waals surface area contributed by atoms with Gasteiger partial charge in [0.1, 0.15) is 12.1 Å². The van der Waals surface area contributed by atoms with E-state index in [1.165, 1.54) is 11.8 Å². The van der Waals surface area contributed by atoms with E-state index in [4.69, 9.17) is 36.4 Å². The third-order valence-corrected chi connectivity index (χ3v) is 7.06. The molecular formula is C34H62BN5O12. The summed E-state index contributed by atoms with van der Waals surface area (Å²) in [7, 11) is 5.03. The van der Waals surface area contributed by atoms with Gasteiger partial charge in [-0.1, -0.05) is 12.8 Å². The number of unbranched alkanes of at least 4 members (excludes halogenated alkanes) is 4. The standard InChI is InChI=1S/C34H62BN5O12/c1-30(42)10-16-47-18-20-49-22-24-51-26-27-52-25-23-50-21-19-48-17-13-38-31(43)8-4-2-6-11-36-33(45)28-40(14-15-41)29-34(46)37-12-7-3-5-9-32(44)39-35/h15H,2-14,16-29H2,1H3,(H,36,45)(H,37,46)(H,38,43)(H,39,44). The Kier molecular flexibility index (Phi) is 35.6. The predicted octanol–water partition coefficient (Wildman–Crippen LogP) is -0.765. The summed E-state index contributed by atoms with van der Waals surface area (Å²) in [6, 6.07) is 0. The Labute approximate surface area is 310 Å². The van der Waals surface area contributed by atoms with E-state index < -0.39 is 0 Å². The second-order valence-corrected chi connectivity index (χ2v) is 11.7. The summed E-state index contributed by atoms with van der Waals surface area (Å²) in [6.45, 7) is 7.89. The van der Waals surface area contributed by atoms with Gasteiger partial charge in [-0.15, -0.1) is 0 Å². The van der Waals surface area contributed by atoms with Crippen molar-refractivity contribution in [2.75, 3.05) is 119 Å². The van der Waals surface area contributed by atoms with Gasteiger partial charge in [0.2, 0.25) is 31.6 Å². The molecule has 2 radical (unpaired) electrons. The first-order chi connectivity index (χ1) is 25.3. The van der Waals surface area contributed by atoms with Crippen LogP contribution >= 0.6 is 0 Å². The first kappa shape index (κ1) is 49.0. The molecule has 0 fully saturated rings. The minimum atomic E-state index is -0.286. The van der Waals surface area contributed by atoms with E-state index >= 15 is 0 Å². The highest BCUT2D eigenvalue weighted by atomic mass is 16.6. The SMILES string of the molecule is [B]NC(=O)CCCCCNC(=O)CN(CC=O)CC(=O)NCCCCCC(=O)NCCOCCOCCOCCOCCOCCOCCC(C)=O. The molecule has 0 rings (SSSR count). The van der Waals surface area contributed by atoms with Crippen LogP contribution in [-0.2, 0) is 57.2 Å². The second-order valence-electron chi connectivity index (χ2n) is 11.7. The monoisotopic (exact) mass is 743 g/mol. The molecule has 0 aromatic carbocycles. The number of hydrogen-bond donors (Lipinski definition) is 4. The van der Waals surface area contributed by atoms with Crippen molar-refractivity contribution in [2.24, 2.45) is 0 Å². The molecule has 52 heavy (non-hydrogen) atoms.